The Morgan fingerprint density at radius 2 is 1.57 bits per heavy atom. The molecule has 156 valence electrons. The van der Waals surface area contributed by atoms with Gasteiger partial charge in [-0.05, 0) is 54.4 Å². The van der Waals surface area contributed by atoms with Crippen molar-refractivity contribution in [2.75, 3.05) is 7.11 Å². The van der Waals surface area contributed by atoms with Crippen LogP contribution in [0.4, 0.5) is 4.79 Å². The van der Waals surface area contributed by atoms with E-state index in [-0.39, 0.29) is 17.7 Å². The highest BCUT2D eigenvalue weighted by molar-refractivity contribution is 6.07. The van der Waals surface area contributed by atoms with E-state index in [0.29, 0.717) is 6.42 Å². The molecule has 2 heterocycles. The molecule has 9 heteroatoms. The van der Waals surface area contributed by atoms with E-state index in [9.17, 15) is 19.2 Å². The molecule has 0 aromatic heterocycles. The number of hydrogen-bond donors (Lipinski definition) is 1. The van der Waals surface area contributed by atoms with E-state index >= 15 is 0 Å². The minimum Gasteiger partial charge on any atom is -0.466 e. The summed E-state index contributed by atoms with van der Waals surface area (Å²) in [6.07, 6.45) is -0.0995. The number of rotatable bonds is 3. The zero-order chi connectivity index (χ0) is 21.4. The number of alkyl carbamates (subject to hydrolysis) is 1. The van der Waals surface area contributed by atoms with Crippen LogP contribution in [0.15, 0.2) is 11.3 Å². The fourth-order valence-electron chi connectivity index (χ4n) is 3.13. The van der Waals surface area contributed by atoms with Crippen molar-refractivity contribution in [3.63, 3.8) is 0 Å². The van der Waals surface area contributed by atoms with E-state index in [1.54, 1.807) is 41.5 Å². The van der Waals surface area contributed by atoms with E-state index in [0.717, 1.165) is 0 Å². The Labute approximate surface area is 164 Å². The third kappa shape index (κ3) is 4.63. The first-order chi connectivity index (χ1) is 12.7. The number of ether oxygens (including phenoxy) is 3. The zero-order valence-corrected chi connectivity index (χ0v) is 17.4. The fraction of sp³-hybridized carbons (Fsp3) is 0.684. The Bertz CT molecular complexity index is 728. The summed E-state index contributed by atoms with van der Waals surface area (Å²) < 4.78 is 15.3. The van der Waals surface area contributed by atoms with Crippen molar-refractivity contribution >= 4 is 23.9 Å². The van der Waals surface area contributed by atoms with Crippen molar-refractivity contribution in [2.45, 2.75) is 77.7 Å². The lowest BCUT2D eigenvalue weighted by Crippen LogP contribution is -2.72. The summed E-state index contributed by atoms with van der Waals surface area (Å²) in [5, 5.41) is 2.54. The van der Waals surface area contributed by atoms with Gasteiger partial charge in [0.2, 0.25) is 0 Å². The van der Waals surface area contributed by atoms with E-state index in [1.807, 2.05) is 0 Å². The topological polar surface area (TPSA) is 111 Å². The van der Waals surface area contributed by atoms with Crippen molar-refractivity contribution in [3.8, 4) is 0 Å². The van der Waals surface area contributed by atoms with Gasteiger partial charge in [-0.15, -0.1) is 0 Å². The molecule has 2 rings (SSSR count). The molecule has 0 spiro atoms. The Morgan fingerprint density at radius 3 is 2.07 bits per heavy atom. The second-order valence-electron chi connectivity index (χ2n) is 8.76. The van der Waals surface area contributed by atoms with Crippen LogP contribution in [0.2, 0.25) is 0 Å². The van der Waals surface area contributed by atoms with Gasteiger partial charge in [0.25, 0.3) is 5.91 Å². The zero-order valence-electron chi connectivity index (χ0n) is 17.4. The molecule has 1 fully saturated rings. The SMILES string of the molecule is COC(=O)C1=C(C(=O)OC(C)(C)C)N2C(=O)[C@@H](NC(=O)OC(C)(C)C)[C@H]2CC1. The standard InChI is InChI=1S/C19H28N2O7/c1-18(2,3)27-16(24)13-10(15(23)26-7)8-9-11-12(14(22)21(11)13)20-17(25)28-19(4,5)6/h11-12H,8-9H2,1-7H3,(H,20,25)/t11-,12+/m1/s1. The highest BCUT2D eigenvalue weighted by atomic mass is 16.6. The summed E-state index contributed by atoms with van der Waals surface area (Å²) in [6.45, 7) is 10.2. The molecule has 0 aromatic rings. The minimum absolute atomic E-state index is 0.0945. The smallest absolute Gasteiger partial charge is 0.408 e. The molecular formula is C19H28N2O7. The molecule has 9 nitrogen and oxygen atoms in total. The number of fused-ring (bicyclic) bond motifs is 1. The first-order valence-electron chi connectivity index (χ1n) is 9.12. The maximum atomic E-state index is 12.7. The summed E-state index contributed by atoms with van der Waals surface area (Å²) >= 11 is 0. The highest BCUT2D eigenvalue weighted by Crippen LogP contribution is 2.38. The first-order valence-corrected chi connectivity index (χ1v) is 9.12. The average molecular weight is 396 g/mol. The van der Waals surface area contributed by atoms with Gasteiger partial charge in [0.05, 0.1) is 18.7 Å². The van der Waals surface area contributed by atoms with Gasteiger partial charge in [0.15, 0.2) is 0 Å². The van der Waals surface area contributed by atoms with Crippen molar-refractivity contribution < 1.29 is 33.4 Å². The van der Waals surface area contributed by atoms with Crippen LogP contribution in [0.5, 0.6) is 0 Å². The number of amides is 2. The molecule has 0 aromatic carbocycles. The largest absolute Gasteiger partial charge is 0.466 e. The predicted octanol–water partition coefficient (Wildman–Crippen LogP) is 1.65. The molecule has 2 aliphatic rings. The summed E-state index contributed by atoms with van der Waals surface area (Å²) in [7, 11) is 1.21. The average Bonchev–Trinajstić information content (AvgIpc) is 2.54. The van der Waals surface area contributed by atoms with Crippen LogP contribution in [0.3, 0.4) is 0 Å². The van der Waals surface area contributed by atoms with Crippen molar-refractivity contribution in [3.05, 3.63) is 11.3 Å². The molecule has 2 aliphatic heterocycles. The second kappa shape index (κ2) is 7.44. The number of β-lactam (4-membered cyclic amide) rings is 1. The minimum atomic E-state index is -0.827. The van der Waals surface area contributed by atoms with Crippen LogP contribution in [-0.2, 0) is 28.6 Å². The van der Waals surface area contributed by atoms with Crippen LogP contribution in [-0.4, -0.2) is 59.2 Å². The Balaban J connectivity index is 2.26. The molecule has 28 heavy (non-hydrogen) atoms. The Morgan fingerprint density at radius 1 is 1.00 bits per heavy atom. The van der Waals surface area contributed by atoms with E-state index in [4.69, 9.17) is 14.2 Å². The molecule has 0 unspecified atom stereocenters. The van der Waals surface area contributed by atoms with E-state index < -0.39 is 47.2 Å². The molecule has 1 N–H and O–H groups in total. The number of hydrogen-bond acceptors (Lipinski definition) is 7. The highest BCUT2D eigenvalue weighted by Gasteiger charge is 2.55. The fourth-order valence-corrected chi connectivity index (χ4v) is 3.13. The number of nitrogens with zero attached hydrogens (tertiary/aromatic N) is 1. The van der Waals surface area contributed by atoms with E-state index in [2.05, 4.69) is 5.32 Å². The van der Waals surface area contributed by atoms with Crippen LogP contribution in [0.25, 0.3) is 0 Å². The molecular weight excluding hydrogens is 368 g/mol. The second-order valence-corrected chi connectivity index (χ2v) is 8.76. The van der Waals surface area contributed by atoms with Crippen LogP contribution in [0, 0.1) is 0 Å². The van der Waals surface area contributed by atoms with E-state index in [1.165, 1.54) is 12.0 Å². The van der Waals surface area contributed by atoms with Gasteiger partial charge in [-0.2, -0.15) is 0 Å². The number of carbonyl (C=O) groups is 4. The molecule has 0 saturated carbocycles. The molecule has 0 bridgehead atoms. The third-order valence-electron chi connectivity index (χ3n) is 4.13. The van der Waals surface area contributed by atoms with Gasteiger partial charge in [-0.25, -0.2) is 14.4 Å². The summed E-state index contributed by atoms with van der Waals surface area (Å²) in [5.74, 6) is -1.96. The summed E-state index contributed by atoms with van der Waals surface area (Å²) in [6, 6.07) is -1.29. The lowest BCUT2D eigenvalue weighted by atomic mass is 9.83. The van der Waals surface area contributed by atoms with Crippen molar-refractivity contribution in [2.24, 2.45) is 0 Å². The lowest BCUT2D eigenvalue weighted by molar-refractivity contribution is -0.162. The molecule has 2 amide bonds. The Kier molecular flexibility index (Phi) is 5.77. The number of carbonyl (C=O) groups excluding carboxylic acids is 4. The van der Waals surface area contributed by atoms with Crippen molar-refractivity contribution in [1.29, 1.82) is 0 Å². The molecule has 0 radical (unpaired) electrons. The third-order valence-corrected chi connectivity index (χ3v) is 4.13. The van der Waals surface area contributed by atoms with Gasteiger partial charge >= 0.3 is 18.0 Å². The summed E-state index contributed by atoms with van der Waals surface area (Å²) in [4.78, 5) is 50.8. The Hall–Kier alpha value is -2.58. The maximum Gasteiger partial charge on any atom is 0.408 e. The van der Waals surface area contributed by atoms with Crippen LogP contribution in [0.1, 0.15) is 54.4 Å². The molecule has 1 saturated heterocycles. The normalized spacial score (nSPS) is 22.1. The maximum absolute atomic E-state index is 12.7. The monoisotopic (exact) mass is 396 g/mol. The van der Waals surface area contributed by atoms with Gasteiger partial charge < -0.3 is 19.5 Å². The molecule has 0 aliphatic carbocycles. The molecule has 2 atom stereocenters. The predicted molar refractivity (Wildman–Crippen MR) is 97.9 cm³/mol. The van der Waals surface area contributed by atoms with Crippen molar-refractivity contribution in [1.82, 2.24) is 10.2 Å². The van der Waals surface area contributed by atoms with Gasteiger partial charge in [-0.3, -0.25) is 9.69 Å². The van der Waals surface area contributed by atoms with Gasteiger partial charge in [0, 0.05) is 0 Å². The summed E-state index contributed by atoms with van der Waals surface area (Å²) in [5.41, 5.74) is -1.54. The first kappa shape index (κ1) is 21.7. The van der Waals surface area contributed by atoms with Crippen LogP contribution < -0.4 is 5.32 Å². The van der Waals surface area contributed by atoms with Gasteiger partial charge in [0.1, 0.15) is 22.9 Å². The van der Waals surface area contributed by atoms with Crippen LogP contribution >= 0.6 is 0 Å². The number of nitrogens with one attached hydrogen (secondary N) is 1. The number of methoxy groups -OCH3 is 1. The quantitative estimate of drug-likeness (QED) is 0.439. The number of esters is 2. The lowest BCUT2D eigenvalue weighted by Gasteiger charge is -2.50. The van der Waals surface area contributed by atoms with Gasteiger partial charge in [-0.1, -0.05) is 0 Å².